The quantitative estimate of drug-likeness (QED) is 0.290. The maximum atomic E-state index is 12.9. The summed E-state index contributed by atoms with van der Waals surface area (Å²) >= 11 is 0. The number of rotatable bonds is 2. The molecular weight excluding hydrogens is 404 g/mol. The molecule has 4 rings (SSSR count). The Kier molecular flexibility index (Phi) is 4.87. The molecule has 0 aromatic heterocycles. The number of phenols is 2. The van der Waals surface area contributed by atoms with Crippen molar-refractivity contribution in [1.82, 2.24) is 0 Å². The number of hydrogen-bond acceptors (Lipinski definition) is 11. The molecule has 0 spiro atoms. The first-order chi connectivity index (χ1) is 14.1. The molecule has 6 N–H and O–H groups in total. The highest BCUT2D eigenvalue weighted by Gasteiger charge is 2.48. The van der Waals surface area contributed by atoms with Crippen molar-refractivity contribution >= 4 is 17.3 Å². The number of carbonyl (C=O) groups is 3. The summed E-state index contributed by atoms with van der Waals surface area (Å²) in [7, 11) is 0. The molecule has 1 fully saturated rings. The zero-order chi connectivity index (χ0) is 21.9. The molecule has 2 heterocycles. The molecule has 2 aliphatic heterocycles. The number of Topliss-reactive ketones (excluding diaryl/α,β-unsaturated/α-hetero) is 2. The van der Waals surface area contributed by atoms with E-state index in [1.807, 2.05) is 0 Å². The van der Waals surface area contributed by atoms with Gasteiger partial charge < -0.3 is 40.1 Å². The van der Waals surface area contributed by atoms with E-state index in [1.54, 1.807) is 0 Å². The molecule has 0 saturated carbocycles. The SMILES string of the molecule is O=C1C=C2C(=O)c3c(cc(O)c(C4OC(CO)C(O)C(O)C4O)c3O)OC2CC1=O. The van der Waals surface area contributed by atoms with Crippen LogP contribution in [0.25, 0.3) is 0 Å². The van der Waals surface area contributed by atoms with Crippen LogP contribution in [0.4, 0.5) is 0 Å². The summed E-state index contributed by atoms with van der Waals surface area (Å²) in [5.74, 6) is -4.17. The predicted octanol–water partition coefficient (Wildman–Crippen LogP) is -1.98. The molecule has 1 saturated heterocycles. The number of ether oxygens (including phenoxy) is 2. The Morgan fingerprint density at radius 3 is 2.40 bits per heavy atom. The van der Waals surface area contributed by atoms with Gasteiger partial charge in [-0.3, -0.25) is 14.4 Å². The lowest BCUT2D eigenvalue weighted by molar-refractivity contribution is -0.232. The standard InChI is InChI=1S/C19H18O11/c20-4-11-15(25)17(27)18(28)19(30-11)12-8(23)3-10-13(16(12)26)14(24)5-1-6(21)7(22)2-9(5)29-10/h1,3,9,11,15,17-20,23,25-28H,2,4H2. The zero-order valence-corrected chi connectivity index (χ0v) is 15.3. The third kappa shape index (κ3) is 2.90. The monoisotopic (exact) mass is 422 g/mol. The third-order valence-corrected chi connectivity index (χ3v) is 5.50. The summed E-state index contributed by atoms with van der Waals surface area (Å²) in [4.78, 5) is 36.2. The Morgan fingerprint density at radius 1 is 1.03 bits per heavy atom. The number of carbonyl (C=O) groups excluding carboxylic acids is 3. The fourth-order valence-corrected chi connectivity index (χ4v) is 3.89. The van der Waals surface area contributed by atoms with Gasteiger partial charge in [-0.1, -0.05) is 0 Å². The van der Waals surface area contributed by atoms with E-state index >= 15 is 0 Å². The number of ketones is 3. The van der Waals surface area contributed by atoms with Gasteiger partial charge in [-0.25, -0.2) is 0 Å². The van der Waals surface area contributed by atoms with E-state index in [2.05, 4.69) is 0 Å². The van der Waals surface area contributed by atoms with Crippen molar-refractivity contribution in [2.45, 2.75) is 43.0 Å². The highest BCUT2D eigenvalue weighted by atomic mass is 16.5. The first kappa shape index (κ1) is 20.4. The average molecular weight is 422 g/mol. The average Bonchev–Trinajstić information content (AvgIpc) is 2.69. The van der Waals surface area contributed by atoms with Gasteiger partial charge in [0.15, 0.2) is 5.78 Å². The lowest BCUT2D eigenvalue weighted by atomic mass is 9.84. The Balaban J connectivity index is 1.81. The molecule has 11 heteroatoms. The van der Waals surface area contributed by atoms with Gasteiger partial charge in [0.25, 0.3) is 0 Å². The summed E-state index contributed by atoms with van der Waals surface area (Å²) in [5.41, 5.74) is -1.04. The first-order valence-electron chi connectivity index (χ1n) is 9.05. The maximum absolute atomic E-state index is 12.9. The van der Waals surface area contributed by atoms with Crippen LogP contribution in [-0.2, 0) is 14.3 Å². The van der Waals surface area contributed by atoms with Crippen LogP contribution in [-0.4, -0.2) is 85.1 Å². The van der Waals surface area contributed by atoms with Gasteiger partial charge in [-0.05, 0) is 0 Å². The van der Waals surface area contributed by atoms with E-state index in [1.165, 1.54) is 0 Å². The van der Waals surface area contributed by atoms with Crippen molar-refractivity contribution in [3.63, 3.8) is 0 Å². The number of aliphatic hydroxyl groups is 4. The minimum Gasteiger partial charge on any atom is -0.507 e. The molecule has 160 valence electrons. The molecule has 3 aliphatic rings. The molecule has 1 aromatic rings. The second-order valence-corrected chi connectivity index (χ2v) is 7.31. The van der Waals surface area contributed by atoms with Crippen molar-refractivity contribution in [2.75, 3.05) is 6.61 Å². The van der Waals surface area contributed by atoms with Gasteiger partial charge >= 0.3 is 0 Å². The van der Waals surface area contributed by atoms with Crippen LogP contribution in [0.5, 0.6) is 17.2 Å². The molecule has 1 aliphatic carbocycles. The van der Waals surface area contributed by atoms with E-state index < -0.39 is 83.2 Å². The van der Waals surface area contributed by atoms with E-state index in [-0.39, 0.29) is 17.7 Å². The van der Waals surface area contributed by atoms with E-state index in [4.69, 9.17) is 9.47 Å². The molecule has 0 amide bonds. The Morgan fingerprint density at radius 2 is 1.73 bits per heavy atom. The van der Waals surface area contributed by atoms with Crippen molar-refractivity contribution in [3.8, 4) is 17.2 Å². The predicted molar refractivity (Wildman–Crippen MR) is 94.0 cm³/mol. The zero-order valence-electron chi connectivity index (χ0n) is 15.3. The van der Waals surface area contributed by atoms with Crippen molar-refractivity contribution in [1.29, 1.82) is 0 Å². The molecule has 0 bridgehead atoms. The largest absolute Gasteiger partial charge is 0.507 e. The molecule has 0 radical (unpaired) electrons. The molecule has 1 aromatic carbocycles. The third-order valence-electron chi connectivity index (χ3n) is 5.50. The van der Waals surface area contributed by atoms with Crippen LogP contribution in [0.3, 0.4) is 0 Å². The summed E-state index contributed by atoms with van der Waals surface area (Å²) in [6.07, 6.45) is -8.77. The van der Waals surface area contributed by atoms with Crippen molar-refractivity contribution < 1.29 is 54.5 Å². The van der Waals surface area contributed by atoms with Crippen molar-refractivity contribution in [2.24, 2.45) is 0 Å². The number of fused-ring (bicyclic) bond motifs is 2. The summed E-state index contributed by atoms with van der Waals surface area (Å²) < 4.78 is 10.9. The van der Waals surface area contributed by atoms with Crippen molar-refractivity contribution in [3.05, 3.63) is 28.8 Å². The molecule has 11 nitrogen and oxygen atoms in total. The van der Waals surface area contributed by atoms with Crippen LogP contribution in [0.2, 0.25) is 0 Å². The highest BCUT2D eigenvalue weighted by molar-refractivity contribution is 6.44. The first-order valence-corrected chi connectivity index (χ1v) is 9.05. The topological polar surface area (TPSA) is 191 Å². The lowest BCUT2D eigenvalue weighted by Crippen LogP contribution is -2.55. The van der Waals surface area contributed by atoms with Crippen LogP contribution in [0.1, 0.15) is 28.4 Å². The lowest BCUT2D eigenvalue weighted by Gasteiger charge is -2.40. The number of aromatic hydroxyl groups is 2. The van der Waals surface area contributed by atoms with Gasteiger partial charge in [0.2, 0.25) is 11.6 Å². The number of hydrogen-bond donors (Lipinski definition) is 6. The summed E-state index contributed by atoms with van der Waals surface area (Å²) in [6, 6.07) is 0.974. The Bertz CT molecular complexity index is 979. The van der Waals surface area contributed by atoms with E-state index in [9.17, 15) is 45.0 Å². The fraction of sp³-hybridized carbons (Fsp3) is 0.421. The maximum Gasteiger partial charge on any atom is 0.222 e. The van der Waals surface area contributed by atoms with Gasteiger partial charge in [0.05, 0.1) is 18.6 Å². The smallest absolute Gasteiger partial charge is 0.222 e. The fourth-order valence-electron chi connectivity index (χ4n) is 3.89. The second kappa shape index (κ2) is 7.15. The summed E-state index contributed by atoms with van der Waals surface area (Å²) in [5, 5.41) is 60.7. The molecule has 6 atom stereocenters. The minimum atomic E-state index is -1.82. The van der Waals surface area contributed by atoms with Crippen LogP contribution >= 0.6 is 0 Å². The summed E-state index contributed by atoms with van der Waals surface area (Å²) in [6.45, 7) is -0.735. The number of benzene rings is 1. The van der Waals surface area contributed by atoms with Crippen LogP contribution in [0, 0.1) is 0 Å². The van der Waals surface area contributed by atoms with E-state index in [0.29, 0.717) is 0 Å². The number of allylic oxidation sites excluding steroid dienone is 1. The normalized spacial score (nSPS) is 33.5. The van der Waals surface area contributed by atoms with Gasteiger partial charge in [0.1, 0.15) is 59.4 Å². The van der Waals surface area contributed by atoms with Gasteiger partial charge in [-0.2, -0.15) is 0 Å². The molecular formula is C19H18O11. The van der Waals surface area contributed by atoms with Crippen LogP contribution in [0.15, 0.2) is 17.7 Å². The highest BCUT2D eigenvalue weighted by Crippen LogP contribution is 2.49. The molecule has 30 heavy (non-hydrogen) atoms. The van der Waals surface area contributed by atoms with E-state index in [0.717, 1.165) is 12.1 Å². The van der Waals surface area contributed by atoms with Gasteiger partial charge in [0, 0.05) is 17.7 Å². The van der Waals surface area contributed by atoms with Gasteiger partial charge in [-0.15, -0.1) is 0 Å². The number of aliphatic hydroxyl groups excluding tert-OH is 4. The Hall–Kier alpha value is -2.83. The second-order valence-electron chi connectivity index (χ2n) is 7.31. The number of phenolic OH excluding ortho intramolecular Hbond substituents is 2. The molecule has 6 unspecified atom stereocenters. The minimum absolute atomic E-state index is 0.146. The Labute approximate surface area is 168 Å². The van der Waals surface area contributed by atoms with Crippen LogP contribution < -0.4 is 4.74 Å².